The van der Waals surface area contributed by atoms with Crippen LogP contribution in [0.25, 0.3) is 11.2 Å². The van der Waals surface area contributed by atoms with Crippen LogP contribution in [0.5, 0.6) is 0 Å². The summed E-state index contributed by atoms with van der Waals surface area (Å²) >= 11 is 1.86. The molecule has 0 fully saturated rings. The second-order valence-corrected chi connectivity index (χ2v) is 5.46. The molecule has 3 rings (SSSR count). The highest BCUT2D eigenvalue weighted by molar-refractivity contribution is 7.98. The Morgan fingerprint density at radius 2 is 2.25 bits per heavy atom. The smallest absolute Gasteiger partial charge is 0.165 e. The van der Waals surface area contributed by atoms with Gasteiger partial charge >= 0.3 is 0 Å². The molecule has 3 aromatic rings. The number of furan rings is 1. The van der Waals surface area contributed by atoms with Crippen molar-refractivity contribution in [3.63, 3.8) is 0 Å². The third kappa shape index (κ3) is 2.77. The first-order chi connectivity index (χ1) is 9.84. The lowest BCUT2D eigenvalue weighted by molar-refractivity contribution is 0.530. The average molecular weight is 289 g/mol. The van der Waals surface area contributed by atoms with Crippen LogP contribution in [0.1, 0.15) is 12.2 Å². The lowest BCUT2D eigenvalue weighted by Crippen LogP contribution is -2.00. The van der Waals surface area contributed by atoms with Crippen LogP contribution >= 0.6 is 11.8 Å². The molecule has 0 aliphatic carbocycles. The normalized spacial score (nSPS) is 11.2. The van der Waals surface area contributed by atoms with Gasteiger partial charge in [-0.2, -0.15) is 11.8 Å². The van der Waals surface area contributed by atoms with Crippen molar-refractivity contribution in [2.75, 3.05) is 11.5 Å². The van der Waals surface area contributed by atoms with Gasteiger partial charge in [-0.1, -0.05) is 0 Å². The van der Waals surface area contributed by atoms with Gasteiger partial charge in [-0.05, 0) is 24.3 Å². The second kappa shape index (κ2) is 5.96. The summed E-state index contributed by atoms with van der Waals surface area (Å²) in [6.45, 7) is 0.873. The highest BCUT2D eigenvalue weighted by atomic mass is 32.2. The molecule has 0 bridgehead atoms. The monoisotopic (exact) mass is 289 g/mol. The van der Waals surface area contributed by atoms with Gasteiger partial charge in [-0.15, -0.1) is 0 Å². The molecular formula is C13H15N5OS. The summed E-state index contributed by atoms with van der Waals surface area (Å²) in [5.74, 6) is 3.41. The zero-order valence-corrected chi connectivity index (χ0v) is 11.7. The van der Waals surface area contributed by atoms with Gasteiger partial charge in [-0.25, -0.2) is 15.0 Å². The molecule has 6 nitrogen and oxygen atoms in total. The molecule has 104 valence electrons. The van der Waals surface area contributed by atoms with E-state index in [0.29, 0.717) is 11.3 Å². The molecule has 0 atom stereocenters. The summed E-state index contributed by atoms with van der Waals surface area (Å²) in [4.78, 5) is 12.4. The van der Waals surface area contributed by atoms with Gasteiger partial charge in [0.25, 0.3) is 0 Å². The van der Waals surface area contributed by atoms with Crippen LogP contribution in [0.15, 0.2) is 35.5 Å². The van der Waals surface area contributed by atoms with Gasteiger partial charge < -0.3 is 14.7 Å². The minimum absolute atomic E-state index is 0.431. The van der Waals surface area contributed by atoms with Crippen molar-refractivity contribution in [3.05, 3.63) is 36.8 Å². The number of aromatic nitrogens is 4. The van der Waals surface area contributed by atoms with Crippen molar-refractivity contribution in [1.82, 2.24) is 19.5 Å². The fraction of sp³-hybridized carbons (Fsp3) is 0.308. The molecule has 2 N–H and O–H groups in total. The molecular weight excluding hydrogens is 274 g/mol. The molecule has 0 radical (unpaired) electrons. The van der Waals surface area contributed by atoms with Gasteiger partial charge in [0.1, 0.15) is 17.6 Å². The maximum atomic E-state index is 5.76. The standard InChI is InChI=1S/C13H15N5OS/c14-12-11-13(16-8-15-12)18(9-17-11)4-2-6-20-7-10-3-1-5-19-10/h1,3,5,8-9H,2,4,6-7H2,(H2,14,15,16). The zero-order chi connectivity index (χ0) is 13.8. The van der Waals surface area contributed by atoms with E-state index < -0.39 is 0 Å². The molecule has 3 aromatic heterocycles. The number of nitrogens with two attached hydrogens (primary N) is 1. The highest BCUT2D eigenvalue weighted by Gasteiger charge is 2.07. The highest BCUT2D eigenvalue weighted by Crippen LogP contribution is 2.16. The first-order valence-corrected chi connectivity index (χ1v) is 7.51. The quantitative estimate of drug-likeness (QED) is 0.701. The topological polar surface area (TPSA) is 82.8 Å². The van der Waals surface area contributed by atoms with E-state index in [9.17, 15) is 0 Å². The number of anilines is 1. The number of aryl methyl sites for hydroxylation is 1. The number of thioether (sulfide) groups is 1. The van der Waals surface area contributed by atoms with Crippen LogP contribution in [0.2, 0.25) is 0 Å². The summed E-state index contributed by atoms with van der Waals surface area (Å²) < 4.78 is 7.30. The van der Waals surface area contributed by atoms with Gasteiger partial charge in [-0.3, -0.25) is 0 Å². The lowest BCUT2D eigenvalue weighted by atomic mass is 10.4. The molecule has 0 saturated heterocycles. The third-order valence-corrected chi connectivity index (χ3v) is 4.01. The molecule has 0 aromatic carbocycles. The van der Waals surface area contributed by atoms with Crippen molar-refractivity contribution in [3.8, 4) is 0 Å². The maximum absolute atomic E-state index is 5.76. The number of imidazole rings is 1. The molecule has 0 unspecified atom stereocenters. The van der Waals surface area contributed by atoms with Gasteiger partial charge in [0, 0.05) is 6.54 Å². The van der Waals surface area contributed by atoms with Gasteiger partial charge in [0.15, 0.2) is 11.5 Å². The summed E-state index contributed by atoms with van der Waals surface area (Å²) in [5, 5.41) is 0. The summed E-state index contributed by atoms with van der Waals surface area (Å²) in [7, 11) is 0. The Bertz CT molecular complexity index is 679. The van der Waals surface area contributed by atoms with E-state index >= 15 is 0 Å². The van der Waals surface area contributed by atoms with E-state index in [0.717, 1.165) is 35.9 Å². The lowest BCUT2D eigenvalue weighted by Gasteiger charge is -2.03. The fourth-order valence-electron chi connectivity index (χ4n) is 1.97. The van der Waals surface area contributed by atoms with Crippen molar-refractivity contribution in [2.45, 2.75) is 18.7 Å². The maximum Gasteiger partial charge on any atom is 0.165 e. The minimum Gasteiger partial charge on any atom is -0.468 e. The van der Waals surface area contributed by atoms with E-state index in [1.807, 2.05) is 28.5 Å². The van der Waals surface area contributed by atoms with E-state index in [1.54, 1.807) is 12.6 Å². The number of nitrogen functional groups attached to an aromatic ring is 1. The number of rotatable bonds is 6. The van der Waals surface area contributed by atoms with Crippen molar-refractivity contribution in [2.24, 2.45) is 0 Å². The van der Waals surface area contributed by atoms with Crippen LogP contribution < -0.4 is 5.73 Å². The van der Waals surface area contributed by atoms with E-state index in [4.69, 9.17) is 10.2 Å². The van der Waals surface area contributed by atoms with Crippen LogP contribution in [-0.4, -0.2) is 25.3 Å². The second-order valence-electron chi connectivity index (χ2n) is 4.35. The molecule has 3 heterocycles. The summed E-state index contributed by atoms with van der Waals surface area (Å²) in [5.41, 5.74) is 7.23. The largest absolute Gasteiger partial charge is 0.468 e. The van der Waals surface area contributed by atoms with Crippen LogP contribution in [-0.2, 0) is 12.3 Å². The Hall–Kier alpha value is -2.02. The first-order valence-electron chi connectivity index (χ1n) is 6.36. The molecule has 0 saturated carbocycles. The minimum atomic E-state index is 0.431. The van der Waals surface area contributed by atoms with Gasteiger partial charge in [0.05, 0.1) is 18.3 Å². The van der Waals surface area contributed by atoms with Gasteiger partial charge in [0.2, 0.25) is 0 Å². The van der Waals surface area contributed by atoms with Crippen molar-refractivity contribution in [1.29, 1.82) is 0 Å². The predicted molar refractivity (Wildman–Crippen MR) is 79.2 cm³/mol. The van der Waals surface area contributed by atoms with E-state index in [2.05, 4.69) is 15.0 Å². The molecule has 0 spiro atoms. The summed E-state index contributed by atoms with van der Waals surface area (Å²) in [6.07, 6.45) is 5.99. The Morgan fingerprint density at radius 3 is 3.10 bits per heavy atom. The first kappa shape index (κ1) is 13.0. The third-order valence-electron chi connectivity index (χ3n) is 2.94. The number of fused-ring (bicyclic) bond motifs is 1. The zero-order valence-electron chi connectivity index (χ0n) is 10.9. The molecule has 0 amide bonds. The average Bonchev–Trinajstić information content (AvgIpc) is 3.09. The van der Waals surface area contributed by atoms with Crippen molar-refractivity contribution >= 4 is 28.7 Å². The molecule has 0 aliphatic heterocycles. The van der Waals surface area contributed by atoms with E-state index in [1.165, 1.54) is 6.33 Å². The Morgan fingerprint density at radius 1 is 1.30 bits per heavy atom. The Labute approximate surface area is 120 Å². The fourth-order valence-corrected chi connectivity index (χ4v) is 2.81. The molecule has 20 heavy (non-hydrogen) atoms. The number of hydrogen-bond donors (Lipinski definition) is 1. The molecule has 7 heteroatoms. The van der Waals surface area contributed by atoms with Crippen LogP contribution in [0.3, 0.4) is 0 Å². The van der Waals surface area contributed by atoms with Crippen LogP contribution in [0.4, 0.5) is 5.82 Å². The number of hydrogen-bond acceptors (Lipinski definition) is 6. The SMILES string of the molecule is Nc1ncnc2c1ncn2CCCSCc1ccco1. The summed E-state index contributed by atoms with van der Waals surface area (Å²) in [6, 6.07) is 3.91. The van der Waals surface area contributed by atoms with E-state index in [-0.39, 0.29) is 0 Å². The Balaban J connectivity index is 1.51. The Kier molecular flexibility index (Phi) is 3.87. The predicted octanol–water partition coefficient (Wildman–Crippen LogP) is 2.33. The number of nitrogens with zero attached hydrogens (tertiary/aromatic N) is 4. The molecule has 0 aliphatic rings. The van der Waals surface area contributed by atoms with Crippen LogP contribution in [0, 0.1) is 0 Å². The van der Waals surface area contributed by atoms with Crippen molar-refractivity contribution < 1.29 is 4.42 Å².